The maximum absolute atomic E-state index is 12.1. The molecule has 0 unspecified atom stereocenters. The molecule has 1 aromatic carbocycles. The third kappa shape index (κ3) is 4.41. The number of fused-ring (bicyclic) bond motifs is 1. The van der Waals surface area contributed by atoms with Crippen LogP contribution in [0.5, 0.6) is 5.75 Å². The Hall–Kier alpha value is -1.69. The normalized spacial score (nSPS) is 17.4. The third-order valence-electron chi connectivity index (χ3n) is 4.14. The molecule has 124 valence electrons. The maximum Gasteiger partial charge on any atom is 0.224 e. The van der Waals surface area contributed by atoms with E-state index in [4.69, 9.17) is 4.74 Å². The van der Waals surface area contributed by atoms with E-state index in [1.807, 2.05) is 34.9 Å². The number of aryl methyl sites for hydroxylation is 1. The molecule has 0 saturated carbocycles. The number of ether oxygens (including phenoxy) is 1. The minimum Gasteiger partial charge on any atom is -0.494 e. The number of carbonyl (C=O) groups is 2. The number of rotatable bonds is 5. The average molecular weight is 334 g/mol. The van der Waals surface area contributed by atoms with Gasteiger partial charge in [0, 0.05) is 43.1 Å². The summed E-state index contributed by atoms with van der Waals surface area (Å²) in [5.41, 5.74) is 2.00. The summed E-state index contributed by atoms with van der Waals surface area (Å²) in [7, 11) is 0. The van der Waals surface area contributed by atoms with E-state index in [0.29, 0.717) is 19.4 Å². The molecule has 0 radical (unpaired) electrons. The van der Waals surface area contributed by atoms with E-state index in [1.54, 1.807) is 0 Å². The molecule has 23 heavy (non-hydrogen) atoms. The smallest absolute Gasteiger partial charge is 0.224 e. The van der Waals surface area contributed by atoms with Gasteiger partial charge in [-0.25, -0.2) is 0 Å². The van der Waals surface area contributed by atoms with Crippen LogP contribution < -0.4 is 10.1 Å². The van der Waals surface area contributed by atoms with E-state index >= 15 is 0 Å². The SMILES string of the molecule is O=C1CCc2cc(OCCCC(=O)N3CCSCC3)ccc2N1. The van der Waals surface area contributed by atoms with E-state index in [2.05, 4.69) is 5.32 Å². The van der Waals surface area contributed by atoms with E-state index in [9.17, 15) is 9.59 Å². The van der Waals surface area contributed by atoms with Gasteiger partial charge in [0.1, 0.15) is 5.75 Å². The van der Waals surface area contributed by atoms with E-state index in [-0.39, 0.29) is 11.8 Å². The van der Waals surface area contributed by atoms with Crippen LogP contribution in [0.1, 0.15) is 24.8 Å². The highest BCUT2D eigenvalue weighted by Gasteiger charge is 2.17. The Morgan fingerprint density at radius 3 is 2.91 bits per heavy atom. The predicted molar refractivity (Wildman–Crippen MR) is 92.0 cm³/mol. The predicted octanol–water partition coefficient (Wildman–Crippen LogP) is 2.31. The summed E-state index contributed by atoms with van der Waals surface area (Å²) in [6.45, 7) is 2.29. The van der Waals surface area contributed by atoms with Gasteiger partial charge in [-0.2, -0.15) is 11.8 Å². The standard InChI is InChI=1S/C17H22N2O3S/c20-16-6-3-13-12-14(4-5-15(13)18-16)22-9-1-2-17(21)19-7-10-23-11-8-19/h4-5,12H,1-3,6-11H2,(H,18,20). The molecule has 0 aromatic heterocycles. The van der Waals surface area contributed by atoms with Crippen molar-refractivity contribution < 1.29 is 14.3 Å². The lowest BCUT2D eigenvalue weighted by atomic mass is 10.0. The average Bonchev–Trinajstić information content (AvgIpc) is 2.59. The molecule has 1 fully saturated rings. The number of hydrogen-bond acceptors (Lipinski definition) is 4. The third-order valence-corrected chi connectivity index (χ3v) is 5.08. The van der Waals surface area contributed by atoms with Crippen LogP contribution >= 0.6 is 11.8 Å². The first-order chi connectivity index (χ1) is 11.2. The Morgan fingerprint density at radius 2 is 2.09 bits per heavy atom. The van der Waals surface area contributed by atoms with Crippen molar-refractivity contribution in [1.29, 1.82) is 0 Å². The van der Waals surface area contributed by atoms with E-state index in [0.717, 1.165) is 54.4 Å². The summed E-state index contributed by atoms with van der Waals surface area (Å²) >= 11 is 1.91. The highest BCUT2D eigenvalue weighted by molar-refractivity contribution is 7.99. The molecule has 2 aliphatic rings. The second kappa shape index (κ2) is 7.73. The van der Waals surface area contributed by atoms with Crippen LogP contribution in [0.2, 0.25) is 0 Å². The fourth-order valence-corrected chi connectivity index (χ4v) is 3.74. The van der Waals surface area contributed by atoms with Crippen molar-refractivity contribution in [2.45, 2.75) is 25.7 Å². The van der Waals surface area contributed by atoms with Gasteiger partial charge >= 0.3 is 0 Å². The summed E-state index contributed by atoms with van der Waals surface area (Å²) in [5, 5.41) is 2.86. The number of amides is 2. The molecule has 5 nitrogen and oxygen atoms in total. The number of carbonyl (C=O) groups excluding carboxylic acids is 2. The monoisotopic (exact) mass is 334 g/mol. The Labute approximate surface area is 140 Å². The summed E-state index contributed by atoms with van der Waals surface area (Å²) < 4.78 is 5.75. The van der Waals surface area contributed by atoms with Crippen LogP contribution in [0.15, 0.2) is 18.2 Å². The molecule has 0 bridgehead atoms. The summed E-state index contributed by atoms with van der Waals surface area (Å²) in [6, 6.07) is 5.74. The number of anilines is 1. The van der Waals surface area contributed by atoms with Crippen molar-refractivity contribution in [3.8, 4) is 5.75 Å². The van der Waals surface area contributed by atoms with Gasteiger partial charge < -0.3 is 15.0 Å². The zero-order valence-electron chi connectivity index (χ0n) is 13.2. The zero-order chi connectivity index (χ0) is 16.1. The van der Waals surface area contributed by atoms with Crippen LogP contribution in [0.3, 0.4) is 0 Å². The molecular weight excluding hydrogens is 312 g/mol. The number of nitrogens with zero attached hydrogens (tertiary/aromatic N) is 1. The van der Waals surface area contributed by atoms with Gasteiger partial charge in [-0.1, -0.05) is 0 Å². The summed E-state index contributed by atoms with van der Waals surface area (Å²) in [6.07, 6.45) is 2.56. The van der Waals surface area contributed by atoms with Gasteiger partial charge in [0.25, 0.3) is 0 Å². The largest absolute Gasteiger partial charge is 0.494 e. The molecular formula is C17H22N2O3S. The van der Waals surface area contributed by atoms with Crippen LogP contribution in [0, 0.1) is 0 Å². The zero-order valence-corrected chi connectivity index (χ0v) is 14.0. The molecule has 2 aliphatic heterocycles. The van der Waals surface area contributed by atoms with Crippen LogP contribution in [-0.4, -0.2) is 47.9 Å². The molecule has 6 heteroatoms. The van der Waals surface area contributed by atoms with Crippen molar-refractivity contribution >= 4 is 29.3 Å². The molecule has 2 heterocycles. The number of hydrogen-bond donors (Lipinski definition) is 1. The second-order valence-electron chi connectivity index (χ2n) is 5.81. The molecule has 0 spiro atoms. The first-order valence-corrected chi connectivity index (χ1v) is 9.29. The summed E-state index contributed by atoms with van der Waals surface area (Å²) in [4.78, 5) is 25.3. The first kappa shape index (κ1) is 16.2. The number of thioether (sulfide) groups is 1. The minimum atomic E-state index is 0.0702. The first-order valence-electron chi connectivity index (χ1n) is 8.13. The fraction of sp³-hybridized carbons (Fsp3) is 0.529. The molecule has 0 atom stereocenters. The second-order valence-corrected chi connectivity index (χ2v) is 7.04. The van der Waals surface area contributed by atoms with Crippen LogP contribution in [0.4, 0.5) is 5.69 Å². The maximum atomic E-state index is 12.1. The highest BCUT2D eigenvalue weighted by Crippen LogP contribution is 2.26. The van der Waals surface area contributed by atoms with E-state index in [1.165, 1.54) is 0 Å². The van der Waals surface area contributed by atoms with Gasteiger partial charge in [0.05, 0.1) is 6.61 Å². The molecule has 3 rings (SSSR count). The molecule has 1 N–H and O–H groups in total. The molecule has 0 aliphatic carbocycles. The van der Waals surface area contributed by atoms with Crippen molar-refractivity contribution in [1.82, 2.24) is 4.90 Å². The fourth-order valence-electron chi connectivity index (χ4n) is 2.83. The highest BCUT2D eigenvalue weighted by atomic mass is 32.2. The minimum absolute atomic E-state index is 0.0702. The lowest BCUT2D eigenvalue weighted by molar-refractivity contribution is -0.131. The molecule has 1 saturated heterocycles. The van der Waals surface area contributed by atoms with Gasteiger partial charge in [-0.15, -0.1) is 0 Å². The summed E-state index contributed by atoms with van der Waals surface area (Å²) in [5.74, 6) is 3.21. The van der Waals surface area contributed by atoms with Gasteiger partial charge in [0.15, 0.2) is 0 Å². The van der Waals surface area contributed by atoms with Gasteiger partial charge in [-0.3, -0.25) is 9.59 Å². The Morgan fingerprint density at radius 1 is 1.26 bits per heavy atom. The van der Waals surface area contributed by atoms with Gasteiger partial charge in [0.2, 0.25) is 11.8 Å². The molecule has 2 amide bonds. The van der Waals surface area contributed by atoms with Crippen molar-refractivity contribution in [2.24, 2.45) is 0 Å². The Balaban J connectivity index is 1.42. The van der Waals surface area contributed by atoms with Crippen molar-refractivity contribution in [3.63, 3.8) is 0 Å². The van der Waals surface area contributed by atoms with Gasteiger partial charge in [-0.05, 0) is 36.6 Å². The van der Waals surface area contributed by atoms with Crippen molar-refractivity contribution in [3.05, 3.63) is 23.8 Å². The van der Waals surface area contributed by atoms with E-state index < -0.39 is 0 Å². The van der Waals surface area contributed by atoms with Crippen LogP contribution in [0.25, 0.3) is 0 Å². The lowest BCUT2D eigenvalue weighted by Crippen LogP contribution is -2.37. The van der Waals surface area contributed by atoms with Crippen LogP contribution in [-0.2, 0) is 16.0 Å². The number of benzene rings is 1. The Kier molecular flexibility index (Phi) is 5.43. The van der Waals surface area contributed by atoms with Crippen molar-refractivity contribution in [2.75, 3.05) is 36.5 Å². The number of nitrogens with one attached hydrogen (secondary N) is 1. The lowest BCUT2D eigenvalue weighted by Gasteiger charge is -2.26. The Bertz CT molecular complexity index is 585. The topological polar surface area (TPSA) is 58.6 Å². The molecule has 1 aromatic rings. The quantitative estimate of drug-likeness (QED) is 0.840.